The summed E-state index contributed by atoms with van der Waals surface area (Å²) in [6.45, 7) is 2.26. The minimum Gasteiger partial charge on any atom is -0.378 e. The second kappa shape index (κ2) is 10.2. The van der Waals surface area contributed by atoms with Crippen LogP contribution in [0.5, 0.6) is 0 Å². The molecular weight excluding hydrogens is 496 g/mol. The average molecular weight is 526 g/mol. The molecule has 6 rings (SSSR count). The first kappa shape index (κ1) is 24.7. The summed E-state index contributed by atoms with van der Waals surface area (Å²) in [6, 6.07) is 8.41. The van der Waals surface area contributed by atoms with Crippen LogP contribution in [-0.4, -0.2) is 69.6 Å². The van der Waals surface area contributed by atoms with Crippen LogP contribution >= 0.6 is 0 Å². The summed E-state index contributed by atoms with van der Waals surface area (Å²) >= 11 is 0. The Morgan fingerprint density at radius 3 is 2.68 bits per heavy atom. The number of Topliss-reactive ketones (excluding diaryl/α,β-unsaturated/α-hetero) is 1. The van der Waals surface area contributed by atoms with Crippen molar-refractivity contribution < 1.29 is 23.1 Å². The fraction of sp³-hybridized carbons (Fsp3) is 0.500. The molecule has 0 radical (unpaired) electrons. The highest BCUT2D eigenvalue weighted by molar-refractivity contribution is 5.92. The maximum Gasteiger partial charge on any atom is 0.296 e. The lowest BCUT2D eigenvalue weighted by Crippen LogP contribution is -2.40. The third-order valence-electron chi connectivity index (χ3n) is 7.47. The van der Waals surface area contributed by atoms with Gasteiger partial charge in [-0.2, -0.15) is 9.97 Å². The summed E-state index contributed by atoms with van der Waals surface area (Å²) in [5.74, 6) is 1.18. The Morgan fingerprint density at radius 1 is 1.16 bits per heavy atom. The minimum absolute atomic E-state index is 0.0622. The number of para-hydroxylation sites is 2. The lowest BCUT2D eigenvalue weighted by molar-refractivity contribution is -0.125. The lowest BCUT2D eigenvalue weighted by atomic mass is 9.76. The Labute approximate surface area is 217 Å². The maximum atomic E-state index is 14.0. The van der Waals surface area contributed by atoms with E-state index in [1.807, 2.05) is 4.90 Å². The van der Waals surface area contributed by atoms with Crippen molar-refractivity contribution in [1.82, 2.24) is 24.8 Å². The number of anilines is 2. The molecule has 1 aromatic carbocycles. The molecule has 2 aliphatic heterocycles. The van der Waals surface area contributed by atoms with E-state index in [0.717, 1.165) is 12.8 Å². The largest absolute Gasteiger partial charge is 0.378 e. The van der Waals surface area contributed by atoms with Gasteiger partial charge in [0.25, 0.3) is 6.43 Å². The third kappa shape index (κ3) is 4.92. The van der Waals surface area contributed by atoms with Gasteiger partial charge in [0.2, 0.25) is 11.9 Å². The molecule has 10 nitrogen and oxygen atoms in total. The van der Waals surface area contributed by atoms with E-state index in [1.54, 1.807) is 30.3 Å². The van der Waals surface area contributed by atoms with Gasteiger partial charge in [-0.25, -0.2) is 13.8 Å². The van der Waals surface area contributed by atoms with Crippen LogP contribution in [0.15, 0.2) is 30.3 Å². The van der Waals surface area contributed by atoms with Crippen molar-refractivity contribution in [3.8, 4) is 5.82 Å². The predicted octanol–water partition coefficient (Wildman–Crippen LogP) is 3.02. The molecule has 4 heterocycles. The molecule has 1 amide bonds. The van der Waals surface area contributed by atoms with Gasteiger partial charge in [-0.1, -0.05) is 12.1 Å². The molecule has 38 heavy (non-hydrogen) atoms. The molecular formula is C26H29F2N7O3. The van der Waals surface area contributed by atoms with Crippen LogP contribution in [0.25, 0.3) is 16.9 Å². The average Bonchev–Trinajstić information content (AvgIpc) is 3.52. The number of ketones is 1. The summed E-state index contributed by atoms with van der Waals surface area (Å²) in [7, 11) is 0. The molecule has 0 unspecified atom stereocenters. The van der Waals surface area contributed by atoms with E-state index in [0.29, 0.717) is 74.2 Å². The van der Waals surface area contributed by atoms with E-state index in [1.165, 1.54) is 4.57 Å². The molecule has 2 aromatic heterocycles. The van der Waals surface area contributed by atoms with Crippen LogP contribution in [0.3, 0.4) is 0 Å². The van der Waals surface area contributed by atoms with Crippen molar-refractivity contribution in [2.24, 2.45) is 5.92 Å². The van der Waals surface area contributed by atoms with Gasteiger partial charge in [0, 0.05) is 38.0 Å². The van der Waals surface area contributed by atoms with Gasteiger partial charge in [-0.05, 0) is 37.3 Å². The van der Waals surface area contributed by atoms with E-state index in [9.17, 15) is 18.4 Å². The van der Waals surface area contributed by atoms with Crippen LogP contribution in [0.2, 0.25) is 0 Å². The number of nitrogens with zero attached hydrogens (tertiary/aromatic N) is 5. The number of carbonyl (C=O) groups excluding carboxylic acids is 2. The van der Waals surface area contributed by atoms with Gasteiger partial charge in [-0.3, -0.25) is 14.2 Å². The first-order valence-corrected chi connectivity index (χ1v) is 13.0. The fourth-order valence-corrected chi connectivity index (χ4v) is 5.46. The number of halogens is 2. The second-order valence-electron chi connectivity index (χ2n) is 10.1. The predicted molar refractivity (Wildman–Crippen MR) is 136 cm³/mol. The number of hydrogen-bond donors (Lipinski definition) is 2. The Balaban J connectivity index is 1.24. The Hall–Kier alpha value is -3.67. The number of imidazole rings is 1. The van der Waals surface area contributed by atoms with Crippen LogP contribution < -0.4 is 15.5 Å². The molecule has 0 spiro atoms. The van der Waals surface area contributed by atoms with Gasteiger partial charge < -0.3 is 20.3 Å². The van der Waals surface area contributed by atoms with E-state index in [4.69, 9.17) is 9.72 Å². The Bertz CT molecular complexity index is 1350. The first-order valence-electron chi connectivity index (χ1n) is 13.0. The molecule has 12 heteroatoms. The van der Waals surface area contributed by atoms with Crippen LogP contribution in [0.1, 0.15) is 44.4 Å². The number of ether oxygens (including phenoxy) is 1. The molecule has 1 aliphatic carbocycles. The number of hydrogen-bond acceptors (Lipinski definition) is 8. The number of benzene rings is 1. The van der Waals surface area contributed by atoms with Crippen molar-refractivity contribution in [2.45, 2.75) is 50.6 Å². The zero-order valence-electron chi connectivity index (χ0n) is 20.8. The fourth-order valence-electron chi connectivity index (χ4n) is 5.46. The molecule has 2 N–H and O–H groups in total. The summed E-state index contributed by atoms with van der Waals surface area (Å²) in [6.07, 6.45) is 0.213. The molecule has 200 valence electrons. The summed E-state index contributed by atoms with van der Waals surface area (Å²) < 4.78 is 34.9. The van der Waals surface area contributed by atoms with Gasteiger partial charge in [0.1, 0.15) is 11.6 Å². The van der Waals surface area contributed by atoms with E-state index >= 15 is 0 Å². The molecule has 1 atom stereocenters. The van der Waals surface area contributed by atoms with Crippen molar-refractivity contribution in [1.29, 1.82) is 0 Å². The number of morpholine rings is 1. The number of rotatable bonds is 8. The van der Waals surface area contributed by atoms with Gasteiger partial charge in [-0.15, -0.1) is 0 Å². The zero-order chi connectivity index (χ0) is 26.2. The van der Waals surface area contributed by atoms with Crippen LogP contribution in [-0.2, 0) is 14.3 Å². The quantitative estimate of drug-likeness (QED) is 0.462. The highest BCUT2D eigenvalue weighted by Crippen LogP contribution is 2.35. The molecule has 2 saturated heterocycles. The number of aromatic nitrogens is 4. The van der Waals surface area contributed by atoms with E-state index in [2.05, 4.69) is 20.6 Å². The third-order valence-corrected chi connectivity index (χ3v) is 7.47. The Kier molecular flexibility index (Phi) is 6.64. The first-order chi connectivity index (χ1) is 18.4. The van der Waals surface area contributed by atoms with Crippen molar-refractivity contribution >= 4 is 34.5 Å². The van der Waals surface area contributed by atoms with E-state index in [-0.39, 0.29) is 35.5 Å². The summed E-state index contributed by atoms with van der Waals surface area (Å²) in [5, 5.41) is 6.17. The molecule has 0 bridgehead atoms. The second-order valence-corrected chi connectivity index (χ2v) is 10.1. The zero-order valence-corrected chi connectivity index (χ0v) is 20.8. The number of nitrogens with one attached hydrogen (secondary N) is 2. The van der Waals surface area contributed by atoms with Gasteiger partial charge in [0.15, 0.2) is 11.6 Å². The summed E-state index contributed by atoms with van der Waals surface area (Å²) in [5.41, 5.74) is 1.01. The SMILES string of the molecule is O=C1CC[C@@H](C(=O)CC2CC(Nc3cc(-n4c(C(F)F)nc5ccccc54)nc(N4CCOCC4)n3)C2)N1. The summed E-state index contributed by atoms with van der Waals surface area (Å²) in [4.78, 5) is 39.5. The minimum atomic E-state index is -2.78. The highest BCUT2D eigenvalue weighted by atomic mass is 19.3. The van der Waals surface area contributed by atoms with Crippen molar-refractivity contribution in [2.75, 3.05) is 36.5 Å². The van der Waals surface area contributed by atoms with Gasteiger partial charge in [0.05, 0.1) is 30.3 Å². The normalized spacial score (nSPS) is 23.5. The number of carbonyl (C=O) groups is 2. The molecule has 1 saturated carbocycles. The molecule has 3 aromatic rings. The molecule has 3 fully saturated rings. The number of alkyl halides is 2. The van der Waals surface area contributed by atoms with Crippen LogP contribution in [0, 0.1) is 5.92 Å². The van der Waals surface area contributed by atoms with Gasteiger partial charge >= 0.3 is 0 Å². The smallest absolute Gasteiger partial charge is 0.296 e. The monoisotopic (exact) mass is 525 g/mol. The lowest BCUT2D eigenvalue weighted by Gasteiger charge is -2.36. The standard InChI is InChI=1S/C26H29F2N7O3/c27-24(28)25-31-17-3-1-2-4-19(17)35(25)22-14-21(32-26(33-22)34-7-9-38-10-8-34)29-16-11-15(12-16)13-20(36)18-5-6-23(37)30-18/h1-4,14-16,18,24H,5-13H2,(H,30,37)(H,29,32,33)/t15?,16?,18-/m0/s1. The Morgan fingerprint density at radius 2 is 1.95 bits per heavy atom. The topological polar surface area (TPSA) is 114 Å². The number of amides is 1. The van der Waals surface area contributed by atoms with Crippen molar-refractivity contribution in [3.05, 3.63) is 36.2 Å². The van der Waals surface area contributed by atoms with Crippen LogP contribution in [0.4, 0.5) is 20.5 Å². The van der Waals surface area contributed by atoms with Crippen molar-refractivity contribution in [3.63, 3.8) is 0 Å². The number of fused-ring (bicyclic) bond motifs is 1. The highest BCUT2D eigenvalue weighted by Gasteiger charge is 2.35. The maximum absolute atomic E-state index is 14.0. The van der Waals surface area contributed by atoms with E-state index < -0.39 is 6.43 Å². The molecule has 3 aliphatic rings.